The molecule has 2 fully saturated rings. The fourth-order valence-corrected chi connectivity index (χ4v) is 3.36. The summed E-state index contributed by atoms with van der Waals surface area (Å²) in [5.74, 6) is 0.0898. The molecule has 0 spiro atoms. The zero-order valence-corrected chi connectivity index (χ0v) is 13.5. The molecule has 1 N–H and O–H groups in total. The second-order valence-corrected chi connectivity index (χ2v) is 7.03. The molecule has 22 heavy (non-hydrogen) atoms. The van der Waals surface area contributed by atoms with E-state index in [2.05, 4.69) is 23.6 Å². The van der Waals surface area contributed by atoms with Gasteiger partial charge in [-0.3, -0.25) is 9.80 Å². The number of hydrogen-bond donors (Lipinski definition) is 1. The lowest BCUT2D eigenvalue weighted by atomic mass is 10.1. The first-order valence-corrected chi connectivity index (χ1v) is 8.33. The number of aromatic carboxylic acids is 1. The standard InChI is InChI=1S/C18H26N2O2/c1-13-10-20(14(2)9-19(13)11-15-3-4-15)12-16-5-7-17(8-6-16)18(21)22/h5-8,13-15H,3-4,9-12H2,1-2H3,(H,21,22)/t13-,14+/m1/s1. The Morgan fingerprint density at radius 3 is 2.27 bits per heavy atom. The molecule has 1 aromatic carbocycles. The predicted octanol–water partition coefficient (Wildman–Crippen LogP) is 2.69. The Kier molecular flexibility index (Phi) is 4.50. The minimum absolute atomic E-state index is 0.361. The molecule has 2 aliphatic rings. The predicted molar refractivity (Wildman–Crippen MR) is 87.0 cm³/mol. The summed E-state index contributed by atoms with van der Waals surface area (Å²) in [5, 5.41) is 8.96. The zero-order valence-electron chi connectivity index (χ0n) is 13.5. The molecule has 1 aliphatic heterocycles. The number of nitrogens with zero attached hydrogens (tertiary/aromatic N) is 2. The Hall–Kier alpha value is -1.39. The molecule has 4 heteroatoms. The minimum Gasteiger partial charge on any atom is -0.478 e. The number of benzene rings is 1. The molecule has 1 heterocycles. The quantitative estimate of drug-likeness (QED) is 0.908. The van der Waals surface area contributed by atoms with Crippen LogP contribution < -0.4 is 0 Å². The maximum atomic E-state index is 10.9. The van der Waals surface area contributed by atoms with Crippen LogP contribution in [0.4, 0.5) is 0 Å². The van der Waals surface area contributed by atoms with Gasteiger partial charge < -0.3 is 5.11 Å². The van der Waals surface area contributed by atoms with E-state index < -0.39 is 5.97 Å². The van der Waals surface area contributed by atoms with Crippen LogP contribution in [0.1, 0.15) is 42.6 Å². The maximum absolute atomic E-state index is 10.9. The zero-order chi connectivity index (χ0) is 15.7. The summed E-state index contributed by atoms with van der Waals surface area (Å²) in [7, 11) is 0. The first-order valence-electron chi connectivity index (χ1n) is 8.33. The van der Waals surface area contributed by atoms with Crippen LogP contribution in [-0.2, 0) is 6.54 Å². The minimum atomic E-state index is -0.859. The van der Waals surface area contributed by atoms with Gasteiger partial charge in [-0.2, -0.15) is 0 Å². The summed E-state index contributed by atoms with van der Waals surface area (Å²) in [4.78, 5) is 16.1. The van der Waals surface area contributed by atoms with E-state index in [9.17, 15) is 4.79 Å². The van der Waals surface area contributed by atoms with Crippen molar-refractivity contribution in [1.29, 1.82) is 0 Å². The molecule has 1 aromatic rings. The van der Waals surface area contributed by atoms with Crippen molar-refractivity contribution in [2.24, 2.45) is 5.92 Å². The van der Waals surface area contributed by atoms with E-state index in [1.807, 2.05) is 12.1 Å². The van der Waals surface area contributed by atoms with Crippen LogP contribution >= 0.6 is 0 Å². The van der Waals surface area contributed by atoms with E-state index in [-0.39, 0.29) is 0 Å². The maximum Gasteiger partial charge on any atom is 0.335 e. The molecule has 0 bridgehead atoms. The van der Waals surface area contributed by atoms with Crippen molar-refractivity contribution in [1.82, 2.24) is 9.80 Å². The van der Waals surface area contributed by atoms with Crippen molar-refractivity contribution in [3.8, 4) is 0 Å². The van der Waals surface area contributed by atoms with Gasteiger partial charge in [-0.05, 0) is 50.3 Å². The van der Waals surface area contributed by atoms with E-state index in [1.165, 1.54) is 24.9 Å². The summed E-state index contributed by atoms with van der Waals surface area (Å²) >= 11 is 0. The van der Waals surface area contributed by atoms with Crippen LogP contribution in [0.3, 0.4) is 0 Å². The topological polar surface area (TPSA) is 43.8 Å². The molecule has 2 atom stereocenters. The van der Waals surface area contributed by atoms with E-state index in [0.29, 0.717) is 17.6 Å². The van der Waals surface area contributed by atoms with E-state index in [4.69, 9.17) is 5.11 Å². The summed E-state index contributed by atoms with van der Waals surface area (Å²) < 4.78 is 0. The average Bonchev–Trinajstić information content (AvgIpc) is 3.29. The molecule has 0 unspecified atom stereocenters. The van der Waals surface area contributed by atoms with Gasteiger partial charge in [-0.15, -0.1) is 0 Å². The van der Waals surface area contributed by atoms with E-state index >= 15 is 0 Å². The average molecular weight is 302 g/mol. The van der Waals surface area contributed by atoms with Gasteiger partial charge in [0, 0.05) is 38.3 Å². The van der Waals surface area contributed by atoms with Crippen molar-refractivity contribution in [2.75, 3.05) is 19.6 Å². The normalized spacial score (nSPS) is 27.0. The molecular formula is C18H26N2O2. The molecule has 4 nitrogen and oxygen atoms in total. The SMILES string of the molecule is C[C@@H]1CN(Cc2ccc(C(=O)O)cc2)[C@@H](C)CN1CC1CC1. The van der Waals surface area contributed by atoms with Gasteiger partial charge in [0.15, 0.2) is 0 Å². The number of piperazine rings is 1. The Bertz CT molecular complexity index is 524. The third-order valence-electron chi connectivity index (χ3n) is 5.02. The lowest BCUT2D eigenvalue weighted by Gasteiger charge is -2.44. The van der Waals surface area contributed by atoms with Crippen LogP contribution in [0.15, 0.2) is 24.3 Å². The third-order valence-corrected chi connectivity index (χ3v) is 5.02. The summed E-state index contributed by atoms with van der Waals surface area (Å²) in [5.41, 5.74) is 1.55. The van der Waals surface area contributed by atoms with Crippen LogP contribution in [0.2, 0.25) is 0 Å². The molecule has 1 saturated carbocycles. The van der Waals surface area contributed by atoms with Crippen molar-refractivity contribution in [3.63, 3.8) is 0 Å². The van der Waals surface area contributed by atoms with E-state index in [1.54, 1.807) is 12.1 Å². The van der Waals surface area contributed by atoms with Gasteiger partial charge in [-0.1, -0.05) is 12.1 Å². The number of carbonyl (C=O) groups is 1. The van der Waals surface area contributed by atoms with Crippen molar-refractivity contribution < 1.29 is 9.90 Å². The van der Waals surface area contributed by atoms with Crippen LogP contribution in [-0.4, -0.2) is 52.6 Å². The molecule has 120 valence electrons. The first kappa shape index (κ1) is 15.5. The number of carboxylic acids is 1. The molecule has 0 radical (unpaired) electrons. The fourth-order valence-electron chi connectivity index (χ4n) is 3.36. The number of rotatable bonds is 5. The highest BCUT2D eigenvalue weighted by Crippen LogP contribution is 2.31. The monoisotopic (exact) mass is 302 g/mol. The van der Waals surface area contributed by atoms with Crippen LogP contribution in [0, 0.1) is 5.92 Å². The van der Waals surface area contributed by atoms with Gasteiger partial charge in [0.1, 0.15) is 0 Å². The van der Waals surface area contributed by atoms with Gasteiger partial charge in [0.2, 0.25) is 0 Å². The van der Waals surface area contributed by atoms with Crippen LogP contribution in [0.5, 0.6) is 0 Å². The van der Waals surface area contributed by atoms with Gasteiger partial charge in [0.25, 0.3) is 0 Å². The smallest absolute Gasteiger partial charge is 0.335 e. The van der Waals surface area contributed by atoms with Crippen molar-refractivity contribution >= 4 is 5.97 Å². The molecule has 0 aromatic heterocycles. The van der Waals surface area contributed by atoms with Gasteiger partial charge >= 0.3 is 5.97 Å². The molecule has 1 aliphatic carbocycles. The van der Waals surface area contributed by atoms with Crippen molar-refractivity contribution in [2.45, 2.75) is 45.3 Å². The second kappa shape index (κ2) is 6.39. The molecule has 3 rings (SSSR count). The molecule has 0 amide bonds. The first-order chi connectivity index (χ1) is 10.5. The lowest BCUT2D eigenvalue weighted by Crippen LogP contribution is -2.56. The van der Waals surface area contributed by atoms with Gasteiger partial charge in [0.05, 0.1) is 5.56 Å². The van der Waals surface area contributed by atoms with E-state index in [0.717, 1.165) is 25.6 Å². The summed E-state index contributed by atoms with van der Waals surface area (Å²) in [6.45, 7) is 9.04. The summed E-state index contributed by atoms with van der Waals surface area (Å²) in [6, 6.07) is 8.45. The molecule has 1 saturated heterocycles. The van der Waals surface area contributed by atoms with Gasteiger partial charge in [-0.25, -0.2) is 4.79 Å². The third kappa shape index (κ3) is 3.68. The summed E-state index contributed by atoms with van der Waals surface area (Å²) in [6.07, 6.45) is 2.83. The number of hydrogen-bond acceptors (Lipinski definition) is 3. The van der Waals surface area contributed by atoms with Crippen molar-refractivity contribution in [3.05, 3.63) is 35.4 Å². The van der Waals surface area contributed by atoms with Crippen LogP contribution in [0.25, 0.3) is 0 Å². The highest BCUT2D eigenvalue weighted by Gasteiger charge is 2.32. The Labute approximate surface area is 132 Å². The Morgan fingerprint density at radius 1 is 1.09 bits per heavy atom. The highest BCUT2D eigenvalue weighted by molar-refractivity contribution is 5.87. The molecular weight excluding hydrogens is 276 g/mol. The highest BCUT2D eigenvalue weighted by atomic mass is 16.4. The number of carboxylic acid groups (broad SMARTS) is 1. The Balaban J connectivity index is 1.59. The largest absolute Gasteiger partial charge is 0.478 e. The second-order valence-electron chi connectivity index (χ2n) is 7.03. The Morgan fingerprint density at radius 2 is 1.68 bits per heavy atom. The fraction of sp³-hybridized carbons (Fsp3) is 0.611. The lowest BCUT2D eigenvalue weighted by molar-refractivity contribution is 0.0350.